The summed E-state index contributed by atoms with van der Waals surface area (Å²) in [5.74, 6) is 0.0338. The number of rotatable bonds is 5. The Bertz CT molecular complexity index is 936. The van der Waals surface area contributed by atoms with E-state index in [0.717, 1.165) is 11.1 Å². The SMILES string of the molecule is CNC(=O)CC1CCN(S(=O)(=O)c2ccc(-c3ccc(C)c(C)c3)cc2)C1. The maximum atomic E-state index is 12.9. The van der Waals surface area contributed by atoms with Crippen LogP contribution in [-0.2, 0) is 14.8 Å². The van der Waals surface area contributed by atoms with Crippen LogP contribution in [0.25, 0.3) is 11.1 Å². The van der Waals surface area contributed by atoms with Gasteiger partial charge in [-0.15, -0.1) is 0 Å². The number of nitrogens with one attached hydrogen (secondary N) is 1. The van der Waals surface area contributed by atoms with Gasteiger partial charge in [-0.3, -0.25) is 4.79 Å². The fourth-order valence-electron chi connectivity index (χ4n) is 3.44. The fourth-order valence-corrected chi connectivity index (χ4v) is 4.97. The zero-order chi connectivity index (χ0) is 19.6. The van der Waals surface area contributed by atoms with Crippen molar-refractivity contribution in [2.75, 3.05) is 20.1 Å². The Morgan fingerprint density at radius 3 is 2.37 bits per heavy atom. The molecule has 0 spiro atoms. The van der Waals surface area contributed by atoms with Gasteiger partial charge in [0, 0.05) is 26.6 Å². The van der Waals surface area contributed by atoms with Gasteiger partial charge in [-0.1, -0.05) is 30.3 Å². The van der Waals surface area contributed by atoms with Crippen LogP contribution in [0.5, 0.6) is 0 Å². The molecule has 1 amide bonds. The Balaban J connectivity index is 1.76. The second-order valence-corrected chi connectivity index (χ2v) is 9.16. The van der Waals surface area contributed by atoms with Gasteiger partial charge in [-0.25, -0.2) is 8.42 Å². The van der Waals surface area contributed by atoms with E-state index in [2.05, 4.69) is 37.4 Å². The van der Waals surface area contributed by atoms with E-state index in [-0.39, 0.29) is 11.8 Å². The summed E-state index contributed by atoms with van der Waals surface area (Å²) in [4.78, 5) is 11.8. The molecule has 27 heavy (non-hydrogen) atoms. The van der Waals surface area contributed by atoms with Gasteiger partial charge in [0.2, 0.25) is 15.9 Å². The van der Waals surface area contributed by atoms with Crippen LogP contribution in [0.3, 0.4) is 0 Å². The molecule has 0 radical (unpaired) electrons. The summed E-state index contributed by atoms with van der Waals surface area (Å²) < 4.78 is 27.3. The van der Waals surface area contributed by atoms with Gasteiger partial charge in [0.05, 0.1) is 4.90 Å². The summed E-state index contributed by atoms with van der Waals surface area (Å²) in [5.41, 5.74) is 4.52. The van der Waals surface area contributed by atoms with E-state index >= 15 is 0 Å². The topological polar surface area (TPSA) is 66.5 Å². The third-order valence-electron chi connectivity index (χ3n) is 5.33. The first-order chi connectivity index (χ1) is 12.8. The van der Waals surface area contributed by atoms with E-state index in [0.29, 0.717) is 30.8 Å². The van der Waals surface area contributed by atoms with E-state index in [4.69, 9.17) is 0 Å². The Morgan fingerprint density at radius 2 is 1.74 bits per heavy atom. The first kappa shape index (κ1) is 19.6. The summed E-state index contributed by atoms with van der Waals surface area (Å²) in [6, 6.07) is 13.3. The molecule has 3 rings (SSSR count). The Hall–Kier alpha value is -2.18. The van der Waals surface area contributed by atoms with Crippen molar-refractivity contribution in [3.05, 3.63) is 53.6 Å². The molecule has 6 heteroatoms. The predicted octanol–water partition coefficient (Wildman–Crippen LogP) is 3.12. The molecule has 1 heterocycles. The first-order valence-electron chi connectivity index (χ1n) is 9.19. The molecule has 1 N–H and O–H groups in total. The molecule has 0 aromatic heterocycles. The molecular formula is C21H26N2O3S. The lowest BCUT2D eigenvalue weighted by Crippen LogP contribution is -2.30. The van der Waals surface area contributed by atoms with Gasteiger partial charge in [0.1, 0.15) is 0 Å². The van der Waals surface area contributed by atoms with Crippen LogP contribution in [0.15, 0.2) is 47.4 Å². The van der Waals surface area contributed by atoms with E-state index in [9.17, 15) is 13.2 Å². The van der Waals surface area contributed by atoms with E-state index in [1.54, 1.807) is 19.2 Å². The van der Waals surface area contributed by atoms with Crippen molar-refractivity contribution in [2.24, 2.45) is 5.92 Å². The van der Waals surface area contributed by atoms with Crippen molar-refractivity contribution >= 4 is 15.9 Å². The van der Waals surface area contributed by atoms with Gasteiger partial charge in [-0.05, 0) is 60.6 Å². The highest BCUT2D eigenvalue weighted by atomic mass is 32.2. The summed E-state index contributed by atoms with van der Waals surface area (Å²) >= 11 is 0. The number of amides is 1. The monoisotopic (exact) mass is 386 g/mol. The number of carbonyl (C=O) groups is 1. The lowest BCUT2D eigenvalue weighted by atomic mass is 10.0. The van der Waals surface area contributed by atoms with Gasteiger partial charge in [0.25, 0.3) is 0 Å². The Kier molecular flexibility index (Phi) is 5.67. The predicted molar refractivity (Wildman–Crippen MR) is 107 cm³/mol. The summed E-state index contributed by atoms with van der Waals surface area (Å²) in [5, 5.41) is 2.60. The van der Waals surface area contributed by atoms with Crippen LogP contribution >= 0.6 is 0 Å². The molecular weight excluding hydrogens is 360 g/mol. The summed E-state index contributed by atoms with van der Waals surface area (Å²) in [6.45, 7) is 5.00. The van der Waals surface area contributed by atoms with E-state index in [1.165, 1.54) is 15.4 Å². The zero-order valence-electron chi connectivity index (χ0n) is 16.0. The van der Waals surface area contributed by atoms with Crippen molar-refractivity contribution in [3.8, 4) is 11.1 Å². The van der Waals surface area contributed by atoms with E-state index in [1.807, 2.05) is 12.1 Å². The number of hydrogen-bond acceptors (Lipinski definition) is 3. The lowest BCUT2D eigenvalue weighted by molar-refractivity contribution is -0.121. The lowest BCUT2D eigenvalue weighted by Gasteiger charge is -2.17. The highest BCUT2D eigenvalue weighted by molar-refractivity contribution is 7.89. The number of benzene rings is 2. The molecule has 1 aliphatic rings. The highest BCUT2D eigenvalue weighted by Gasteiger charge is 2.33. The number of sulfonamides is 1. The van der Waals surface area contributed by atoms with Crippen LogP contribution in [0, 0.1) is 19.8 Å². The van der Waals surface area contributed by atoms with Crippen molar-refractivity contribution in [1.82, 2.24) is 9.62 Å². The first-order valence-corrected chi connectivity index (χ1v) is 10.6. The molecule has 0 saturated carbocycles. The third-order valence-corrected chi connectivity index (χ3v) is 7.21. The Labute approximate surface area is 161 Å². The summed E-state index contributed by atoms with van der Waals surface area (Å²) in [7, 11) is -1.93. The molecule has 0 bridgehead atoms. The quantitative estimate of drug-likeness (QED) is 0.859. The zero-order valence-corrected chi connectivity index (χ0v) is 16.8. The normalized spacial score (nSPS) is 17.8. The minimum absolute atomic E-state index is 0.0445. The fraction of sp³-hybridized carbons (Fsp3) is 0.381. The second kappa shape index (κ2) is 7.82. The third kappa shape index (κ3) is 4.22. The molecule has 1 aliphatic heterocycles. The van der Waals surface area contributed by atoms with Crippen LogP contribution in [0.1, 0.15) is 24.0 Å². The number of hydrogen-bond donors (Lipinski definition) is 1. The van der Waals surface area contributed by atoms with Crippen LogP contribution in [0.4, 0.5) is 0 Å². The molecule has 5 nitrogen and oxygen atoms in total. The molecule has 1 fully saturated rings. The van der Waals surface area contributed by atoms with E-state index < -0.39 is 10.0 Å². The van der Waals surface area contributed by atoms with Crippen LogP contribution in [-0.4, -0.2) is 38.8 Å². The van der Waals surface area contributed by atoms with Gasteiger partial charge in [0.15, 0.2) is 0 Å². The molecule has 144 valence electrons. The van der Waals surface area contributed by atoms with Crippen molar-refractivity contribution < 1.29 is 13.2 Å². The standard InChI is InChI=1S/C21H26N2O3S/c1-15-4-5-19(12-16(15)2)18-6-8-20(9-7-18)27(25,26)23-11-10-17(14-23)13-21(24)22-3/h4-9,12,17H,10-11,13-14H2,1-3H3,(H,22,24). The highest BCUT2D eigenvalue weighted by Crippen LogP contribution is 2.28. The van der Waals surface area contributed by atoms with Gasteiger partial charge >= 0.3 is 0 Å². The average Bonchev–Trinajstić information content (AvgIpc) is 3.13. The van der Waals surface area contributed by atoms with Crippen LogP contribution < -0.4 is 5.32 Å². The molecule has 1 atom stereocenters. The molecule has 0 aliphatic carbocycles. The Morgan fingerprint density at radius 1 is 1.07 bits per heavy atom. The largest absolute Gasteiger partial charge is 0.359 e. The molecule has 1 unspecified atom stereocenters. The number of nitrogens with zero attached hydrogens (tertiary/aromatic N) is 1. The maximum Gasteiger partial charge on any atom is 0.243 e. The summed E-state index contributed by atoms with van der Waals surface area (Å²) in [6.07, 6.45) is 1.08. The van der Waals surface area contributed by atoms with Gasteiger partial charge < -0.3 is 5.32 Å². The van der Waals surface area contributed by atoms with Crippen molar-refractivity contribution in [2.45, 2.75) is 31.6 Å². The van der Waals surface area contributed by atoms with Crippen molar-refractivity contribution in [1.29, 1.82) is 0 Å². The van der Waals surface area contributed by atoms with Crippen molar-refractivity contribution in [3.63, 3.8) is 0 Å². The minimum Gasteiger partial charge on any atom is -0.359 e. The average molecular weight is 387 g/mol. The molecule has 2 aromatic carbocycles. The maximum absolute atomic E-state index is 12.9. The molecule has 1 saturated heterocycles. The minimum atomic E-state index is -3.53. The number of aryl methyl sites for hydroxylation is 2. The smallest absolute Gasteiger partial charge is 0.243 e. The number of carbonyl (C=O) groups excluding carboxylic acids is 1. The van der Waals surface area contributed by atoms with Crippen LogP contribution in [0.2, 0.25) is 0 Å². The molecule has 2 aromatic rings. The van der Waals surface area contributed by atoms with Gasteiger partial charge in [-0.2, -0.15) is 4.31 Å². The second-order valence-electron chi connectivity index (χ2n) is 7.22.